The fourth-order valence-electron chi connectivity index (χ4n) is 3.62. The first-order valence-corrected chi connectivity index (χ1v) is 13.9. The second-order valence-corrected chi connectivity index (χ2v) is 10.6. The second-order valence-electron chi connectivity index (χ2n) is 8.07. The lowest BCUT2D eigenvalue weighted by atomic mass is 10.2. The molecule has 2 amide bonds. The van der Waals surface area contributed by atoms with Crippen molar-refractivity contribution in [1.29, 1.82) is 0 Å². The number of amides is 2. The molecule has 0 spiro atoms. The molecule has 1 atom stereocenters. The highest BCUT2D eigenvalue weighted by Crippen LogP contribution is 2.33. The summed E-state index contributed by atoms with van der Waals surface area (Å²) in [6.45, 7) is 1.96. The summed E-state index contributed by atoms with van der Waals surface area (Å²) in [5.41, 5.74) is 2.59. The molecule has 1 heterocycles. The Balaban J connectivity index is 1.41. The number of hydrogen-bond acceptors (Lipinski definition) is 7. The van der Waals surface area contributed by atoms with Crippen LogP contribution in [-0.4, -0.2) is 36.3 Å². The molecule has 3 aromatic carbocycles. The minimum atomic E-state index is -0.348. The normalized spacial score (nSPS) is 11.5. The molecule has 0 bridgehead atoms. The highest BCUT2D eigenvalue weighted by atomic mass is 35.5. The number of anilines is 2. The Morgan fingerprint density at radius 2 is 1.79 bits per heavy atom. The quantitative estimate of drug-likeness (QED) is 0.196. The predicted octanol–water partition coefficient (Wildman–Crippen LogP) is 7.24. The Kier molecular flexibility index (Phi) is 9.28. The lowest BCUT2D eigenvalue weighted by molar-refractivity contribution is -0.115. The number of methoxy groups -OCH3 is 2. The Bertz CT molecular complexity index is 1440. The maximum absolute atomic E-state index is 13.0. The second kappa shape index (κ2) is 12.8. The van der Waals surface area contributed by atoms with Crippen LogP contribution >= 0.6 is 34.7 Å². The van der Waals surface area contributed by atoms with Crippen LogP contribution in [0.1, 0.15) is 23.7 Å². The number of nitrogens with one attached hydrogen (secondary N) is 2. The molecule has 4 aromatic rings. The predicted molar refractivity (Wildman–Crippen MR) is 155 cm³/mol. The number of aromatic nitrogens is 1. The van der Waals surface area contributed by atoms with E-state index in [0.29, 0.717) is 39.3 Å². The van der Waals surface area contributed by atoms with Gasteiger partial charge in [-0.2, -0.15) is 0 Å². The molecule has 38 heavy (non-hydrogen) atoms. The molecule has 0 aliphatic carbocycles. The summed E-state index contributed by atoms with van der Waals surface area (Å²) in [6.07, 6.45) is 0.613. The molecule has 0 saturated heterocycles. The summed E-state index contributed by atoms with van der Waals surface area (Å²) in [4.78, 5) is 31.2. The number of thiazole rings is 1. The number of hydrogen-bond donors (Lipinski definition) is 2. The van der Waals surface area contributed by atoms with Crippen LogP contribution in [0, 0.1) is 0 Å². The molecule has 1 unspecified atom stereocenters. The standard InChI is InChI=1S/C28H26ClN3O4S2/c1-4-25(27(34)32-28-31-22(16-37-28)20-10-5-6-11-21(20)29)38-19-9-7-8-18(15-19)30-26(33)17-12-13-23(35-2)24(14-17)36-3/h5-16,25H,4H2,1-3H3,(H,30,33)(H,31,32,34). The van der Waals surface area contributed by atoms with E-state index in [-0.39, 0.29) is 17.1 Å². The van der Waals surface area contributed by atoms with Crippen molar-refractivity contribution in [1.82, 2.24) is 4.98 Å². The lowest BCUT2D eigenvalue weighted by Crippen LogP contribution is -2.24. The van der Waals surface area contributed by atoms with E-state index >= 15 is 0 Å². The van der Waals surface area contributed by atoms with E-state index < -0.39 is 0 Å². The molecular weight excluding hydrogens is 542 g/mol. The number of thioether (sulfide) groups is 1. The minimum absolute atomic E-state index is 0.141. The molecule has 0 saturated carbocycles. The number of ether oxygens (including phenoxy) is 2. The zero-order chi connectivity index (χ0) is 27.1. The van der Waals surface area contributed by atoms with Crippen LogP contribution < -0.4 is 20.1 Å². The fraction of sp³-hybridized carbons (Fsp3) is 0.179. The van der Waals surface area contributed by atoms with Gasteiger partial charge in [0.2, 0.25) is 5.91 Å². The third-order valence-electron chi connectivity index (χ3n) is 5.56. The summed E-state index contributed by atoms with van der Waals surface area (Å²) < 4.78 is 10.5. The van der Waals surface area contributed by atoms with E-state index in [9.17, 15) is 9.59 Å². The van der Waals surface area contributed by atoms with Gasteiger partial charge < -0.3 is 20.1 Å². The summed E-state index contributed by atoms with van der Waals surface area (Å²) in [7, 11) is 3.06. The van der Waals surface area contributed by atoms with Crippen molar-refractivity contribution < 1.29 is 19.1 Å². The molecule has 0 fully saturated rings. The molecule has 10 heteroatoms. The smallest absolute Gasteiger partial charge is 0.255 e. The van der Waals surface area contributed by atoms with Crippen molar-refractivity contribution in [2.45, 2.75) is 23.5 Å². The van der Waals surface area contributed by atoms with Gasteiger partial charge in [-0.1, -0.05) is 42.8 Å². The van der Waals surface area contributed by atoms with Crippen molar-refractivity contribution in [3.63, 3.8) is 0 Å². The zero-order valence-electron chi connectivity index (χ0n) is 21.0. The Labute approximate surface area is 234 Å². The number of nitrogens with zero attached hydrogens (tertiary/aromatic N) is 1. The van der Waals surface area contributed by atoms with Crippen LogP contribution in [0.15, 0.2) is 77.0 Å². The number of carbonyl (C=O) groups excluding carboxylic acids is 2. The van der Waals surface area contributed by atoms with Crippen LogP contribution in [0.2, 0.25) is 5.02 Å². The van der Waals surface area contributed by atoms with E-state index in [1.807, 2.05) is 54.8 Å². The first kappa shape index (κ1) is 27.5. The maximum atomic E-state index is 13.0. The fourth-order valence-corrected chi connectivity index (χ4v) is 5.58. The minimum Gasteiger partial charge on any atom is -0.493 e. The number of rotatable bonds is 10. The van der Waals surface area contributed by atoms with Crippen LogP contribution in [0.5, 0.6) is 11.5 Å². The van der Waals surface area contributed by atoms with Gasteiger partial charge in [-0.15, -0.1) is 23.1 Å². The van der Waals surface area contributed by atoms with Gasteiger partial charge in [0.25, 0.3) is 5.91 Å². The molecule has 4 rings (SSSR count). The van der Waals surface area contributed by atoms with E-state index in [2.05, 4.69) is 15.6 Å². The van der Waals surface area contributed by atoms with E-state index in [0.717, 1.165) is 16.2 Å². The van der Waals surface area contributed by atoms with Gasteiger partial charge in [0, 0.05) is 32.1 Å². The SMILES string of the molecule is CCC(Sc1cccc(NC(=O)c2ccc(OC)c(OC)c2)c1)C(=O)Nc1nc(-c2ccccc2Cl)cs1. The van der Waals surface area contributed by atoms with Gasteiger partial charge >= 0.3 is 0 Å². The number of halogens is 1. The van der Waals surface area contributed by atoms with Gasteiger partial charge in [0.1, 0.15) is 0 Å². The molecule has 7 nitrogen and oxygen atoms in total. The van der Waals surface area contributed by atoms with Crippen molar-refractivity contribution >= 4 is 57.3 Å². The van der Waals surface area contributed by atoms with E-state index in [4.69, 9.17) is 21.1 Å². The molecule has 196 valence electrons. The highest BCUT2D eigenvalue weighted by Gasteiger charge is 2.20. The van der Waals surface area contributed by atoms with Gasteiger partial charge in [-0.3, -0.25) is 9.59 Å². The molecular formula is C28H26ClN3O4S2. The Morgan fingerprint density at radius 3 is 2.53 bits per heavy atom. The van der Waals surface area contributed by atoms with Crippen molar-refractivity contribution in [2.24, 2.45) is 0 Å². The average molecular weight is 568 g/mol. The Hall–Kier alpha value is -3.53. The van der Waals surface area contributed by atoms with Gasteiger partial charge in [0.15, 0.2) is 16.6 Å². The zero-order valence-corrected chi connectivity index (χ0v) is 23.4. The highest BCUT2D eigenvalue weighted by molar-refractivity contribution is 8.00. The summed E-state index contributed by atoms with van der Waals surface area (Å²) in [5.74, 6) is 0.595. The lowest BCUT2D eigenvalue weighted by Gasteiger charge is -2.14. The maximum Gasteiger partial charge on any atom is 0.255 e. The largest absolute Gasteiger partial charge is 0.493 e. The molecule has 2 N–H and O–H groups in total. The van der Waals surface area contributed by atoms with E-state index in [1.54, 1.807) is 31.4 Å². The number of carbonyl (C=O) groups is 2. The summed E-state index contributed by atoms with van der Waals surface area (Å²) in [5, 5.41) is 8.47. The van der Waals surface area contributed by atoms with Crippen molar-refractivity contribution in [3.05, 3.63) is 82.7 Å². The van der Waals surface area contributed by atoms with Crippen LogP contribution in [-0.2, 0) is 4.79 Å². The molecule has 0 radical (unpaired) electrons. The molecule has 0 aliphatic heterocycles. The number of benzene rings is 3. The molecule has 1 aromatic heterocycles. The van der Waals surface area contributed by atoms with Gasteiger partial charge in [-0.25, -0.2) is 4.98 Å². The van der Waals surface area contributed by atoms with E-state index in [1.165, 1.54) is 30.2 Å². The molecule has 0 aliphatic rings. The monoisotopic (exact) mass is 567 g/mol. The van der Waals surface area contributed by atoms with Crippen molar-refractivity contribution in [2.75, 3.05) is 24.9 Å². The third-order valence-corrected chi connectivity index (χ3v) is 8.01. The first-order valence-electron chi connectivity index (χ1n) is 11.7. The van der Waals surface area contributed by atoms with Crippen LogP contribution in [0.4, 0.5) is 10.8 Å². The van der Waals surface area contributed by atoms with Gasteiger partial charge in [0.05, 0.1) is 25.2 Å². The van der Waals surface area contributed by atoms with Crippen LogP contribution in [0.25, 0.3) is 11.3 Å². The topological polar surface area (TPSA) is 89.5 Å². The average Bonchev–Trinajstić information content (AvgIpc) is 3.39. The van der Waals surface area contributed by atoms with Gasteiger partial charge in [-0.05, 0) is 48.9 Å². The van der Waals surface area contributed by atoms with Crippen LogP contribution in [0.3, 0.4) is 0 Å². The first-order chi connectivity index (χ1) is 18.4. The van der Waals surface area contributed by atoms with Crippen molar-refractivity contribution in [3.8, 4) is 22.8 Å². The Morgan fingerprint density at radius 1 is 1.00 bits per heavy atom. The third kappa shape index (κ3) is 6.66. The summed E-state index contributed by atoms with van der Waals surface area (Å²) >= 11 is 9.06. The summed E-state index contributed by atoms with van der Waals surface area (Å²) in [6, 6.07) is 19.8.